The monoisotopic (exact) mass is 294 g/mol. The lowest BCUT2D eigenvalue weighted by Gasteiger charge is -2.36. The van der Waals surface area contributed by atoms with E-state index in [1.807, 2.05) is 0 Å². The van der Waals surface area contributed by atoms with Crippen molar-refractivity contribution in [3.63, 3.8) is 0 Å². The van der Waals surface area contributed by atoms with Crippen LogP contribution < -0.4 is 10.2 Å². The van der Waals surface area contributed by atoms with E-state index < -0.39 is 0 Å². The summed E-state index contributed by atoms with van der Waals surface area (Å²) in [6.45, 7) is 12.1. The molecule has 1 aromatic heterocycles. The average molecular weight is 294 g/mol. The first-order chi connectivity index (χ1) is 9.65. The molecule has 0 amide bonds. The first kappa shape index (κ1) is 15.4. The predicted octanol–water partition coefficient (Wildman–Crippen LogP) is 3.19. The van der Waals surface area contributed by atoms with Crippen molar-refractivity contribution in [3.05, 3.63) is 11.9 Å². The topological polar surface area (TPSA) is 41.1 Å². The molecular weight excluding hydrogens is 268 g/mol. The van der Waals surface area contributed by atoms with Crippen LogP contribution in [0.2, 0.25) is 0 Å². The molecule has 5 heteroatoms. The van der Waals surface area contributed by atoms with Crippen molar-refractivity contribution >= 4 is 23.4 Å². The highest BCUT2D eigenvalue weighted by atomic mass is 32.2. The van der Waals surface area contributed by atoms with Crippen LogP contribution in [0.1, 0.15) is 39.7 Å². The summed E-state index contributed by atoms with van der Waals surface area (Å²) in [7, 11) is 0. The molecule has 4 nitrogen and oxygen atoms in total. The van der Waals surface area contributed by atoms with Gasteiger partial charge in [-0.1, -0.05) is 27.7 Å². The van der Waals surface area contributed by atoms with Gasteiger partial charge in [0.2, 0.25) is 0 Å². The minimum absolute atomic E-state index is 0.658. The molecule has 0 saturated carbocycles. The highest BCUT2D eigenvalue weighted by Gasteiger charge is 2.25. The van der Waals surface area contributed by atoms with Crippen LogP contribution in [0.5, 0.6) is 0 Å². The average Bonchev–Trinajstić information content (AvgIpc) is 2.43. The standard InChI is InChI=1S/C15H26N4S/c1-5-7-16-14-13(6-2)15(18-10-17-14)19-8-11(3)20-12(4)9-19/h10-12H,5-9H2,1-4H3,(H,16,17,18). The van der Waals surface area contributed by atoms with Crippen molar-refractivity contribution in [1.29, 1.82) is 0 Å². The first-order valence-electron chi connectivity index (χ1n) is 7.63. The highest BCUT2D eigenvalue weighted by Crippen LogP contribution is 2.31. The van der Waals surface area contributed by atoms with E-state index in [0.29, 0.717) is 10.5 Å². The molecule has 2 rings (SSSR count). The summed E-state index contributed by atoms with van der Waals surface area (Å²) < 4.78 is 0. The fourth-order valence-electron chi connectivity index (χ4n) is 2.75. The molecule has 0 bridgehead atoms. The first-order valence-corrected chi connectivity index (χ1v) is 8.58. The van der Waals surface area contributed by atoms with Crippen LogP contribution in [0, 0.1) is 0 Å². The molecule has 2 unspecified atom stereocenters. The minimum Gasteiger partial charge on any atom is -0.370 e. The lowest BCUT2D eigenvalue weighted by atomic mass is 10.2. The zero-order valence-electron chi connectivity index (χ0n) is 13.0. The van der Waals surface area contributed by atoms with Gasteiger partial charge in [0.15, 0.2) is 0 Å². The molecule has 1 fully saturated rings. The Morgan fingerprint density at radius 3 is 2.55 bits per heavy atom. The van der Waals surface area contributed by atoms with E-state index in [-0.39, 0.29) is 0 Å². The number of hydrogen-bond acceptors (Lipinski definition) is 5. The van der Waals surface area contributed by atoms with Crippen molar-refractivity contribution in [3.8, 4) is 0 Å². The van der Waals surface area contributed by atoms with Crippen LogP contribution in [0.25, 0.3) is 0 Å². The Balaban J connectivity index is 2.25. The third kappa shape index (κ3) is 3.57. The third-order valence-electron chi connectivity index (χ3n) is 3.54. The number of aromatic nitrogens is 2. The lowest BCUT2D eigenvalue weighted by molar-refractivity contribution is 0.712. The van der Waals surface area contributed by atoms with Crippen molar-refractivity contribution in [1.82, 2.24) is 9.97 Å². The molecule has 1 N–H and O–H groups in total. The lowest BCUT2D eigenvalue weighted by Crippen LogP contribution is -2.41. The van der Waals surface area contributed by atoms with Gasteiger partial charge in [-0.15, -0.1) is 0 Å². The quantitative estimate of drug-likeness (QED) is 0.903. The van der Waals surface area contributed by atoms with Crippen LogP contribution in [0.15, 0.2) is 6.33 Å². The van der Waals surface area contributed by atoms with E-state index in [1.165, 1.54) is 5.56 Å². The largest absolute Gasteiger partial charge is 0.370 e. The summed E-state index contributed by atoms with van der Waals surface area (Å²) >= 11 is 2.07. The number of thioether (sulfide) groups is 1. The highest BCUT2D eigenvalue weighted by molar-refractivity contribution is 8.00. The molecule has 1 aliphatic heterocycles. The molecule has 1 aliphatic rings. The summed E-state index contributed by atoms with van der Waals surface area (Å²) in [5.41, 5.74) is 1.26. The Morgan fingerprint density at radius 2 is 1.95 bits per heavy atom. The Labute approximate surface area is 126 Å². The second kappa shape index (κ2) is 7.16. The maximum Gasteiger partial charge on any atom is 0.137 e. The van der Waals surface area contributed by atoms with Gasteiger partial charge in [-0.2, -0.15) is 11.8 Å². The minimum atomic E-state index is 0.658. The summed E-state index contributed by atoms with van der Waals surface area (Å²) in [5.74, 6) is 2.14. The van der Waals surface area contributed by atoms with Crippen LogP contribution in [0.3, 0.4) is 0 Å². The van der Waals surface area contributed by atoms with Crippen molar-refractivity contribution in [2.45, 2.75) is 51.0 Å². The summed E-state index contributed by atoms with van der Waals surface area (Å²) in [6.07, 6.45) is 3.77. The van der Waals surface area contributed by atoms with Gasteiger partial charge in [-0.25, -0.2) is 9.97 Å². The van der Waals surface area contributed by atoms with Gasteiger partial charge < -0.3 is 10.2 Å². The number of nitrogens with one attached hydrogen (secondary N) is 1. The van der Waals surface area contributed by atoms with Crippen molar-refractivity contribution < 1.29 is 0 Å². The van der Waals surface area contributed by atoms with E-state index >= 15 is 0 Å². The second-order valence-corrected chi connectivity index (χ2v) is 7.35. The van der Waals surface area contributed by atoms with E-state index in [2.05, 4.69) is 59.6 Å². The summed E-state index contributed by atoms with van der Waals surface area (Å²) in [6, 6.07) is 0. The molecular formula is C15H26N4S. The number of nitrogens with zero attached hydrogens (tertiary/aromatic N) is 3. The Morgan fingerprint density at radius 1 is 1.25 bits per heavy atom. The van der Waals surface area contributed by atoms with Gasteiger partial charge in [0.1, 0.15) is 18.0 Å². The number of hydrogen-bond donors (Lipinski definition) is 1. The maximum absolute atomic E-state index is 4.58. The fraction of sp³-hybridized carbons (Fsp3) is 0.733. The number of rotatable bonds is 5. The molecule has 0 aromatic carbocycles. The third-order valence-corrected chi connectivity index (χ3v) is 4.77. The zero-order chi connectivity index (χ0) is 14.5. The van der Waals surface area contributed by atoms with E-state index in [0.717, 1.165) is 44.1 Å². The Kier molecular flexibility index (Phi) is 5.52. The van der Waals surface area contributed by atoms with Gasteiger partial charge in [-0.05, 0) is 12.8 Å². The molecule has 20 heavy (non-hydrogen) atoms. The molecule has 0 radical (unpaired) electrons. The summed E-state index contributed by atoms with van der Waals surface area (Å²) in [4.78, 5) is 11.4. The normalized spacial score (nSPS) is 22.9. The van der Waals surface area contributed by atoms with Gasteiger partial charge in [0.05, 0.1) is 0 Å². The molecule has 1 aromatic rings. The maximum atomic E-state index is 4.58. The predicted molar refractivity (Wildman–Crippen MR) is 88.9 cm³/mol. The van der Waals surface area contributed by atoms with Gasteiger partial charge >= 0.3 is 0 Å². The van der Waals surface area contributed by atoms with E-state index in [1.54, 1.807) is 6.33 Å². The van der Waals surface area contributed by atoms with Crippen LogP contribution in [-0.4, -0.2) is 40.1 Å². The van der Waals surface area contributed by atoms with Gasteiger partial charge in [-0.3, -0.25) is 0 Å². The smallest absolute Gasteiger partial charge is 0.137 e. The van der Waals surface area contributed by atoms with Crippen LogP contribution in [-0.2, 0) is 6.42 Å². The summed E-state index contributed by atoms with van der Waals surface area (Å²) in [5, 5.41) is 4.75. The van der Waals surface area contributed by atoms with E-state index in [4.69, 9.17) is 0 Å². The number of anilines is 2. The molecule has 1 saturated heterocycles. The Bertz CT molecular complexity index is 428. The van der Waals surface area contributed by atoms with Gasteiger partial charge in [0.25, 0.3) is 0 Å². The van der Waals surface area contributed by atoms with Crippen LogP contribution >= 0.6 is 11.8 Å². The molecule has 0 spiro atoms. The van der Waals surface area contributed by atoms with Gasteiger partial charge in [0, 0.05) is 35.7 Å². The SMILES string of the molecule is CCCNc1ncnc(N2CC(C)SC(C)C2)c1CC. The van der Waals surface area contributed by atoms with E-state index in [9.17, 15) is 0 Å². The van der Waals surface area contributed by atoms with Crippen molar-refractivity contribution in [2.24, 2.45) is 0 Å². The van der Waals surface area contributed by atoms with Crippen LogP contribution in [0.4, 0.5) is 11.6 Å². The molecule has 112 valence electrons. The van der Waals surface area contributed by atoms with Crippen molar-refractivity contribution in [2.75, 3.05) is 29.9 Å². The fourth-order valence-corrected chi connectivity index (χ4v) is 4.07. The molecule has 2 heterocycles. The Hall–Kier alpha value is -0.970. The molecule has 0 aliphatic carbocycles. The molecule has 2 atom stereocenters. The second-order valence-electron chi connectivity index (χ2n) is 5.47. The zero-order valence-corrected chi connectivity index (χ0v) is 13.8.